The molecule has 0 unspecified atom stereocenters. The van der Waals surface area contributed by atoms with Crippen LogP contribution in [0.15, 0.2) is 52.1 Å². The van der Waals surface area contributed by atoms with Gasteiger partial charge in [-0.05, 0) is 45.2 Å². The van der Waals surface area contributed by atoms with E-state index in [4.69, 9.17) is 13.9 Å². The lowest BCUT2D eigenvalue weighted by atomic mass is 9.85. The van der Waals surface area contributed by atoms with Crippen LogP contribution < -0.4 is 10.2 Å². The fourth-order valence-corrected chi connectivity index (χ4v) is 6.60. The summed E-state index contributed by atoms with van der Waals surface area (Å²) in [5.74, 6) is 0.0917. The van der Waals surface area contributed by atoms with Crippen LogP contribution >= 0.6 is 11.3 Å². The molecule has 206 valence electrons. The first-order valence-corrected chi connectivity index (χ1v) is 14.1. The van der Waals surface area contributed by atoms with Gasteiger partial charge in [-0.1, -0.05) is 37.5 Å². The Morgan fingerprint density at radius 3 is 2.67 bits per heavy atom. The fourth-order valence-electron chi connectivity index (χ4n) is 5.37. The van der Waals surface area contributed by atoms with Crippen molar-refractivity contribution in [3.63, 3.8) is 0 Å². The third-order valence-corrected chi connectivity index (χ3v) is 9.05. The van der Waals surface area contributed by atoms with E-state index in [1.54, 1.807) is 33.4 Å². The first-order valence-electron chi connectivity index (χ1n) is 13.3. The van der Waals surface area contributed by atoms with Gasteiger partial charge in [-0.25, -0.2) is 4.98 Å². The molecule has 1 fully saturated rings. The van der Waals surface area contributed by atoms with Crippen molar-refractivity contribution < 1.29 is 23.8 Å². The van der Waals surface area contributed by atoms with Gasteiger partial charge in [0, 0.05) is 17.3 Å². The molecule has 9 heteroatoms. The molecule has 0 spiro atoms. The number of hydrogen-bond acceptors (Lipinski definition) is 7. The summed E-state index contributed by atoms with van der Waals surface area (Å²) in [5.41, 5.74) is 0.175. The molecule has 1 atom stereocenters. The number of pyridine rings is 1. The lowest BCUT2D eigenvalue weighted by molar-refractivity contribution is -0.142. The number of nitrogens with zero attached hydrogens (tertiary/aromatic N) is 2. The summed E-state index contributed by atoms with van der Waals surface area (Å²) in [6, 6.07) is 7.82. The number of fused-ring (bicyclic) bond motifs is 1. The SMILES string of the molecule is COc1ccccc1[C@H](Cn1cc(C(C)(C)C(=O)O)c(=O)c2c(C)c(-c3ncco3)sc21)OC1CCCCC1. The quantitative estimate of drug-likeness (QED) is 0.254. The second-order valence-electron chi connectivity index (χ2n) is 10.7. The highest BCUT2D eigenvalue weighted by molar-refractivity contribution is 7.22. The van der Waals surface area contributed by atoms with Gasteiger partial charge in [0.1, 0.15) is 22.9 Å². The molecule has 4 aromatic rings. The maximum Gasteiger partial charge on any atom is 0.313 e. The molecule has 8 nitrogen and oxygen atoms in total. The largest absolute Gasteiger partial charge is 0.496 e. The van der Waals surface area contributed by atoms with E-state index < -0.39 is 11.4 Å². The topological polar surface area (TPSA) is 104 Å². The molecule has 0 aliphatic heterocycles. The van der Waals surface area contributed by atoms with E-state index >= 15 is 0 Å². The number of aromatic nitrogens is 2. The molecule has 3 aromatic heterocycles. The lowest BCUT2D eigenvalue weighted by Crippen LogP contribution is -2.35. The zero-order chi connectivity index (χ0) is 27.7. The Morgan fingerprint density at radius 2 is 2.00 bits per heavy atom. The average Bonchev–Trinajstić information content (AvgIpc) is 3.58. The Kier molecular flexibility index (Phi) is 7.64. The number of benzene rings is 1. The van der Waals surface area contributed by atoms with Gasteiger partial charge in [-0.2, -0.15) is 0 Å². The molecule has 39 heavy (non-hydrogen) atoms. The number of ether oxygens (including phenoxy) is 2. The van der Waals surface area contributed by atoms with Gasteiger partial charge >= 0.3 is 5.97 Å². The van der Waals surface area contributed by atoms with E-state index in [1.807, 2.05) is 35.8 Å². The maximum atomic E-state index is 13.8. The maximum absolute atomic E-state index is 13.8. The number of thiophene rings is 1. The Balaban J connectivity index is 1.70. The van der Waals surface area contributed by atoms with Crippen molar-refractivity contribution in [2.45, 2.75) is 77.0 Å². The van der Waals surface area contributed by atoms with Gasteiger partial charge in [0.05, 0.1) is 41.6 Å². The number of hydrogen-bond donors (Lipinski definition) is 1. The standard InChI is InChI=1S/C30H34N2O6S/c1-18-24-25(33)21(30(2,3)29(34)35)16-32(28(24)39-26(18)27-31-14-15-37-27)17-23(38-19-10-6-5-7-11-19)20-12-8-9-13-22(20)36-4/h8-9,12-16,19,23H,5-7,10-11,17H2,1-4H3,(H,34,35)/t23-/m0/s1. The van der Waals surface area contributed by atoms with E-state index in [9.17, 15) is 14.7 Å². The smallest absolute Gasteiger partial charge is 0.313 e. The van der Waals surface area contributed by atoms with Crippen molar-refractivity contribution in [1.29, 1.82) is 0 Å². The van der Waals surface area contributed by atoms with E-state index in [2.05, 4.69) is 4.98 Å². The number of carboxylic acid groups (broad SMARTS) is 1. The van der Waals surface area contributed by atoms with E-state index in [1.165, 1.54) is 24.0 Å². The third-order valence-electron chi connectivity index (χ3n) is 7.74. The molecule has 1 aromatic carbocycles. The average molecular weight is 551 g/mol. The highest BCUT2D eigenvalue weighted by Gasteiger charge is 2.35. The van der Waals surface area contributed by atoms with Crippen LogP contribution in [0.2, 0.25) is 0 Å². The minimum absolute atomic E-state index is 0.117. The second kappa shape index (κ2) is 11.0. The van der Waals surface area contributed by atoms with Crippen molar-refractivity contribution in [2.75, 3.05) is 7.11 Å². The summed E-state index contributed by atoms with van der Waals surface area (Å²) in [6.45, 7) is 5.36. The number of aryl methyl sites for hydroxylation is 1. The summed E-state index contributed by atoms with van der Waals surface area (Å²) in [5, 5.41) is 10.5. The molecule has 0 bridgehead atoms. The van der Waals surface area contributed by atoms with Crippen LogP contribution in [0.5, 0.6) is 5.75 Å². The molecule has 0 amide bonds. The molecule has 3 heterocycles. The van der Waals surface area contributed by atoms with Gasteiger partial charge in [0.25, 0.3) is 0 Å². The van der Waals surface area contributed by atoms with Gasteiger partial charge in [0.2, 0.25) is 5.89 Å². The Morgan fingerprint density at radius 1 is 1.26 bits per heavy atom. The summed E-state index contributed by atoms with van der Waals surface area (Å²) < 4.78 is 20.0. The monoisotopic (exact) mass is 550 g/mol. The predicted molar refractivity (Wildman–Crippen MR) is 151 cm³/mol. The Hall–Kier alpha value is -3.43. The summed E-state index contributed by atoms with van der Waals surface area (Å²) in [4.78, 5) is 31.9. The second-order valence-corrected chi connectivity index (χ2v) is 11.7. The van der Waals surface area contributed by atoms with Crippen molar-refractivity contribution in [3.05, 3.63) is 69.8 Å². The molecule has 0 saturated heterocycles. The number of methoxy groups -OCH3 is 1. The molecule has 5 rings (SSSR count). The van der Waals surface area contributed by atoms with Crippen LogP contribution in [0.1, 0.15) is 68.7 Å². The molecular weight excluding hydrogens is 516 g/mol. The Bertz CT molecular complexity index is 1530. The van der Waals surface area contributed by atoms with E-state index in [-0.39, 0.29) is 23.2 Å². The normalized spacial score (nSPS) is 15.5. The van der Waals surface area contributed by atoms with Crippen molar-refractivity contribution >= 4 is 27.5 Å². The van der Waals surface area contributed by atoms with Crippen molar-refractivity contribution in [2.24, 2.45) is 0 Å². The highest BCUT2D eigenvalue weighted by Crippen LogP contribution is 2.39. The van der Waals surface area contributed by atoms with Gasteiger partial charge in [0.15, 0.2) is 5.43 Å². The molecule has 1 aliphatic carbocycles. The van der Waals surface area contributed by atoms with E-state index in [0.717, 1.165) is 52.3 Å². The van der Waals surface area contributed by atoms with Crippen LogP contribution in [-0.4, -0.2) is 33.8 Å². The number of carboxylic acids is 1. The minimum atomic E-state index is -1.39. The zero-order valence-electron chi connectivity index (χ0n) is 22.7. The van der Waals surface area contributed by atoms with Crippen LogP contribution in [0, 0.1) is 6.92 Å². The third kappa shape index (κ3) is 5.13. The van der Waals surface area contributed by atoms with Crippen molar-refractivity contribution in [3.8, 4) is 16.5 Å². The molecule has 1 aliphatic rings. The van der Waals surface area contributed by atoms with Crippen LogP contribution in [-0.2, 0) is 21.5 Å². The number of oxazole rings is 1. The number of carbonyl (C=O) groups is 1. The van der Waals surface area contributed by atoms with Crippen molar-refractivity contribution in [1.82, 2.24) is 9.55 Å². The highest BCUT2D eigenvalue weighted by atomic mass is 32.1. The molecule has 1 N–H and O–H groups in total. The molecule has 1 saturated carbocycles. The molecular formula is C30H34N2O6S. The van der Waals surface area contributed by atoms with Crippen LogP contribution in [0.3, 0.4) is 0 Å². The minimum Gasteiger partial charge on any atom is -0.496 e. The van der Waals surface area contributed by atoms with Crippen LogP contribution in [0.25, 0.3) is 21.0 Å². The Labute approximate surface area is 231 Å². The first-order chi connectivity index (χ1) is 18.7. The number of aliphatic carboxylic acids is 1. The van der Waals surface area contributed by atoms with Gasteiger partial charge in [-0.15, -0.1) is 11.3 Å². The summed E-state index contributed by atoms with van der Waals surface area (Å²) >= 11 is 1.42. The number of para-hydroxylation sites is 1. The van der Waals surface area contributed by atoms with E-state index in [0.29, 0.717) is 17.8 Å². The van der Waals surface area contributed by atoms with Crippen LogP contribution in [0.4, 0.5) is 0 Å². The zero-order valence-corrected chi connectivity index (χ0v) is 23.5. The predicted octanol–water partition coefficient (Wildman–Crippen LogP) is 6.49. The van der Waals surface area contributed by atoms with Gasteiger partial charge < -0.3 is 23.6 Å². The summed E-state index contributed by atoms with van der Waals surface area (Å²) in [7, 11) is 1.65. The fraction of sp³-hybridized carbons (Fsp3) is 0.433. The lowest BCUT2D eigenvalue weighted by Gasteiger charge is -2.30. The first kappa shape index (κ1) is 27.1. The van der Waals surface area contributed by atoms with Gasteiger partial charge in [-0.3, -0.25) is 9.59 Å². The summed E-state index contributed by atoms with van der Waals surface area (Å²) in [6.07, 6.45) is 9.98. The number of rotatable bonds is 9. The molecule has 0 radical (unpaired) electrons.